The van der Waals surface area contributed by atoms with Crippen molar-refractivity contribution < 1.29 is 19.4 Å². The lowest BCUT2D eigenvalue weighted by Crippen LogP contribution is -2.55. The molecule has 9 heteroatoms. The molecule has 0 radical (unpaired) electrons. The Bertz CT molecular complexity index is 717. The third kappa shape index (κ3) is 2.60. The third-order valence-corrected chi connectivity index (χ3v) is 4.36. The molecule has 1 unspecified atom stereocenters. The Morgan fingerprint density at radius 1 is 1.55 bits per heavy atom. The fourth-order valence-corrected chi connectivity index (χ4v) is 2.98. The monoisotopic (exact) mass is 322 g/mol. The van der Waals surface area contributed by atoms with Crippen molar-refractivity contribution in [1.82, 2.24) is 20.1 Å². The van der Waals surface area contributed by atoms with E-state index in [2.05, 4.69) is 15.4 Å². The minimum atomic E-state index is -1.37. The van der Waals surface area contributed by atoms with Gasteiger partial charge in [-0.2, -0.15) is 5.10 Å². The number of carbonyl (C=O) groups is 2. The average molecular weight is 322 g/mol. The number of hydrogen-bond acceptors (Lipinski definition) is 6. The first kappa shape index (κ1) is 14.7. The summed E-state index contributed by atoms with van der Waals surface area (Å²) in [6.07, 6.45) is 3.70. The second-order valence-electron chi connectivity index (χ2n) is 5.08. The van der Waals surface area contributed by atoms with Crippen molar-refractivity contribution in [2.24, 2.45) is 7.05 Å². The van der Waals surface area contributed by atoms with Crippen LogP contribution in [0.3, 0.4) is 0 Å². The summed E-state index contributed by atoms with van der Waals surface area (Å²) in [5.74, 6) is -1.61. The number of aliphatic carboxylic acids is 1. The number of amides is 1. The summed E-state index contributed by atoms with van der Waals surface area (Å²) in [5.41, 5.74) is -0.366. The number of hydrogen-bond donors (Lipinski definition) is 2. The Hall–Kier alpha value is -2.26. The van der Waals surface area contributed by atoms with E-state index in [1.165, 1.54) is 11.3 Å². The number of carboxylic acid groups (broad SMARTS) is 1. The summed E-state index contributed by atoms with van der Waals surface area (Å²) < 4.78 is 6.76. The van der Waals surface area contributed by atoms with E-state index in [1.54, 1.807) is 29.5 Å². The van der Waals surface area contributed by atoms with Gasteiger partial charge in [0.2, 0.25) is 0 Å². The maximum Gasteiger partial charge on any atom is 0.331 e. The second kappa shape index (κ2) is 5.50. The Balaban J connectivity index is 1.78. The Labute approximate surface area is 129 Å². The van der Waals surface area contributed by atoms with Crippen molar-refractivity contribution in [3.63, 3.8) is 0 Å². The number of nitrogens with one attached hydrogen (secondary N) is 1. The van der Waals surface area contributed by atoms with Crippen molar-refractivity contribution in [2.75, 3.05) is 13.2 Å². The van der Waals surface area contributed by atoms with E-state index in [-0.39, 0.29) is 18.7 Å². The van der Waals surface area contributed by atoms with Crippen LogP contribution in [0.2, 0.25) is 0 Å². The van der Waals surface area contributed by atoms with Gasteiger partial charge in [0.05, 0.1) is 12.8 Å². The van der Waals surface area contributed by atoms with Crippen molar-refractivity contribution in [3.8, 4) is 10.6 Å². The number of rotatable bonds is 4. The molecule has 2 aromatic rings. The molecule has 1 aliphatic rings. The Morgan fingerprint density at radius 3 is 2.95 bits per heavy atom. The van der Waals surface area contributed by atoms with Crippen LogP contribution in [0.15, 0.2) is 17.8 Å². The van der Waals surface area contributed by atoms with E-state index in [1.807, 2.05) is 0 Å². The number of aromatic nitrogens is 3. The zero-order valence-electron chi connectivity index (χ0n) is 11.8. The number of carbonyl (C=O) groups excluding carboxylic acids is 1. The number of nitrogens with zero attached hydrogens (tertiary/aromatic N) is 3. The SMILES string of the molecule is Cn1cc(-c2nc(C(=O)NC3(C(=O)O)CCOC3)cs2)cn1. The van der Waals surface area contributed by atoms with Crippen molar-refractivity contribution >= 4 is 23.2 Å². The quantitative estimate of drug-likeness (QED) is 0.850. The first-order valence-corrected chi connectivity index (χ1v) is 7.46. The molecule has 8 nitrogen and oxygen atoms in total. The van der Waals surface area contributed by atoms with Gasteiger partial charge in [-0.15, -0.1) is 11.3 Å². The topological polar surface area (TPSA) is 106 Å². The zero-order valence-corrected chi connectivity index (χ0v) is 12.6. The average Bonchev–Trinajstić information content (AvgIpc) is 3.17. The van der Waals surface area contributed by atoms with Gasteiger partial charge >= 0.3 is 5.97 Å². The normalized spacial score (nSPS) is 21.0. The Kier molecular flexibility index (Phi) is 3.67. The molecule has 0 aromatic carbocycles. The van der Waals surface area contributed by atoms with E-state index in [4.69, 9.17) is 4.74 Å². The highest BCUT2D eigenvalue weighted by molar-refractivity contribution is 7.13. The predicted octanol–water partition coefficient (Wildman–Crippen LogP) is 0.517. The van der Waals surface area contributed by atoms with E-state index < -0.39 is 17.4 Å². The lowest BCUT2D eigenvalue weighted by molar-refractivity contribution is -0.144. The Morgan fingerprint density at radius 2 is 2.36 bits per heavy atom. The first-order chi connectivity index (χ1) is 10.5. The number of aryl methyl sites for hydroxylation is 1. The molecule has 1 atom stereocenters. The first-order valence-electron chi connectivity index (χ1n) is 6.58. The third-order valence-electron chi connectivity index (χ3n) is 3.47. The molecule has 0 aliphatic carbocycles. The van der Waals surface area contributed by atoms with Crippen LogP contribution in [0, 0.1) is 0 Å². The van der Waals surface area contributed by atoms with Crippen LogP contribution in [0.25, 0.3) is 10.6 Å². The van der Waals surface area contributed by atoms with Crippen LogP contribution in [-0.2, 0) is 16.6 Å². The summed E-state index contributed by atoms with van der Waals surface area (Å²) in [5, 5.41) is 18.2. The molecule has 0 bridgehead atoms. The van der Waals surface area contributed by atoms with Crippen LogP contribution < -0.4 is 5.32 Å². The molecule has 0 saturated carbocycles. The minimum absolute atomic E-state index is 0.0341. The molecule has 3 heterocycles. The number of thiazole rings is 1. The highest BCUT2D eigenvalue weighted by atomic mass is 32.1. The van der Waals surface area contributed by atoms with E-state index in [9.17, 15) is 14.7 Å². The van der Waals surface area contributed by atoms with Gasteiger partial charge in [-0.05, 0) is 0 Å². The molecular formula is C13H14N4O4S. The molecule has 2 N–H and O–H groups in total. The lowest BCUT2D eigenvalue weighted by Gasteiger charge is -2.22. The highest BCUT2D eigenvalue weighted by Gasteiger charge is 2.44. The number of ether oxygens (including phenoxy) is 1. The van der Waals surface area contributed by atoms with Gasteiger partial charge < -0.3 is 15.2 Å². The summed E-state index contributed by atoms with van der Waals surface area (Å²) in [7, 11) is 1.79. The standard InChI is InChI=1S/C13H14N4O4S/c1-17-5-8(4-14-17)11-15-9(6-22-11)10(18)16-13(12(19)20)2-3-21-7-13/h4-6H,2-3,7H2,1H3,(H,16,18)(H,19,20). The van der Waals surface area contributed by atoms with Crippen molar-refractivity contribution in [2.45, 2.75) is 12.0 Å². The molecular weight excluding hydrogens is 308 g/mol. The molecule has 1 amide bonds. The molecule has 2 aromatic heterocycles. The van der Waals surface area contributed by atoms with Crippen LogP contribution in [0.5, 0.6) is 0 Å². The van der Waals surface area contributed by atoms with Gasteiger partial charge in [-0.1, -0.05) is 0 Å². The van der Waals surface area contributed by atoms with Gasteiger partial charge in [0.1, 0.15) is 10.7 Å². The van der Waals surface area contributed by atoms with Gasteiger partial charge in [0, 0.05) is 37.2 Å². The highest BCUT2D eigenvalue weighted by Crippen LogP contribution is 2.24. The molecule has 22 heavy (non-hydrogen) atoms. The molecule has 3 rings (SSSR count). The van der Waals surface area contributed by atoms with Gasteiger partial charge in [-0.3, -0.25) is 9.48 Å². The maximum atomic E-state index is 12.3. The van der Waals surface area contributed by atoms with Crippen LogP contribution in [0.1, 0.15) is 16.9 Å². The summed E-state index contributed by atoms with van der Waals surface area (Å²) in [6.45, 7) is 0.276. The molecule has 1 saturated heterocycles. The van der Waals surface area contributed by atoms with Crippen LogP contribution >= 0.6 is 11.3 Å². The minimum Gasteiger partial charge on any atom is -0.479 e. The molecule has 1 fully saturated rings. The van der Waals surface area contributed by atoms with Crippen molar-refractivity contribution in [1.29, 1.82) is 0 Å². The summed E-state index contributed by atoms with van der Waals surface area (Å²) in [4.78, 5) is 27.9. The smallest absolute Gasteiger partial charge is 0.331 e. The lowest BCUT2D eigenvalue weighted by atomic mass is 9.99. The zero-order chi connectivity index (χ0) is 15.7. The van der Waals surface area contributed by atoms with Crippen LogP contribution in [0.4, 0.5) is 0 Å². The van der Waals surface area contributed by atoms with Crippen LogP contribution in [-0.4, -0.2) is 50.5 Å². The second-order valence-corrected chi connectivity index (χ2v) is 5.94. The van der Waals surface area contributed by atoms with E-state index in [0.29, 0.717) is 11.6 Å². The largest absolute Gasteiger partial charge is 0.479 e. The summed E-state index contributed by atoms with van der Waals surface area (Å²) >= 11 is 1.31. The molecule has 116 valence electrons. The molecule has 0 spiro atoms. The van der Waals surface area contributed by atoms with Gasteiger partial charge in [-0.25, -0.2) is 9.78 Å². The fourth-order valence-electron chi connectivity index (χ4n) is 2.21. The molecule has 1 aliphatic heterocycles. The van der Waals surface area contributed by atoms with E-state index >= 15 is 0 Å². The van der Waals surface area contributed by atoms with Crippen molar-refractivity contribution in [3.05, 3.63) is 23.5 Å². The number of carboxylic acids is 1. The fraction of sp³-hybridized carbons (Fsp3) is 0.385. The predicted molar refractivity (Wildman–Crippen MR) is 77.6 cm³/mol. The van der Waals surface area contributed by atoms with E-state index in [0.717, 1.165) is 5.56 Å². The van der Waals surface area contributed by atoms with Gasteiger partial charge in [0.15, 0.2) is 5.54 Å². The summed E-state index contributed by atoms with van der Waals surface area (Å²) in [6, 6.07) is 0. The maximum absolute atomic E-state index is 12.3. The van der Waals surface area contributed by atoms with Gasteiger partial charge in [0.25, 0.3) is 5.91 Å².